The Bertz CT molecular complexity index is 860. The van der Waals surface area contributed by atoms with Crippen molar-refractivity contribution in [2.24, 2.45) is 0 Å². The fourth-order valence-electron chi connectivity index (χ4n) is 2.91. The lowest BCUT2D eigenvalue weighted by Gasteiger charge is -2.10. The molecule has 1 saturated heterocycles. The van der Waals surface area contributed by atoms with E-state index in [1.165, 1.54) is 16.9 Å². The third-order valence-corrected chi connectivity index (χ3v) is 5.14. The summed E-state index contributed by atoms with van der Waals surface area (Å²) in [7, 11) is 0. The molecule has 0 saturated carbocycles. The van der Waals surface area contributed by atoms with Gasteiger partial charge in [0.1, 0.15) is 5.69 Å². The lowest BCUT2D eigenvalue weighted by molar-refractivity contribution is 0.0853. The number of carbonyl (C=O) groups is 1. The highest BCUT2D eigenvalue weighted by Crippen LogP contribution is 2.24. The van der Waals surface area contributed by atoms with Crippen molar-refractivity contribution in [3.05, 3.63) is 47.1 Å². The summed E-state index contributed by atoms with van der Waals surface area (Å²) in [6.07, 6.45) is 4.17. The van der Waals surface area contributed by atoms with E-state index in [9.17, 15) is 4.79 Å². The fraction of sp³-hybridized carbons (Fsp3) is 0.333. The first kappa shape index (κ1) is 15.4. The molecule has 124 valence electrons. The monoisotopic (exact) mass is 341 g/mol. The van der Waals surface area contributed by atoms with Gasteiger partial charge in [-0.3, -0.25) is 9.20 Å². The Balaban J connectivity index is 1.55. The molecule has 2 aromatic heterocycles. The molecule has 1 aliphatic heterocycles. The van der Waals surface area contributed by atoms with E-state index in [4.69, 9.17) is 4.74 Å². The number of benzene rings is 1. The number of hydrogen-bond donors (Lipinski definition) is 1. The topological polar surface area (TPSA) is 55.6 Å². The zero-order chi connectivity index (χ0) is 16.5. The van der Waals surface area contributed by atoms with E-state index in [2.05, 4.69) is 41.5 Å². The molecule has 1 aliphatic rings. The molecular formula is C18H19N3O2S. The second kappa shape index (κ2) is 6.37. The summed E-state index contributed by atoms with van der Waals surface area (Å²) in [6.45, 7) is 3.42. The molecule has 6 heteroatoms. The molecular weight excluding hydrogens is 322 g/mol. The van der Waals surface area contributed by atoms with Crippen LogP contribution in [-0.2, 0) is 4.74 Å². The molecule has 0 spiro atoms. The summed E-state index contributed by atoms with van der Waals surface area (Å²) < 4.78 is 7.41. The average molecular weight is 341 g/mol. The van der Waals surface area contributed by atoms with Gasteiger partial charge in [-0.1, -0.05) is 29.8 Å². The van der Waals surface area contributed by atoms with Gasteiger partial charge in [-0.05, 0) is 19.8 Å². The smallest absolute Gasteiger partial charge is 0.269 e. The molecule has 3 heterocycles. The summed E-state index contributed by atoms with van der Waals surface area (Å²) >= 11 is 1.48. The predicted molar refractivity (Wildman–Crippen MR) is 94.5 cm³/mol. The molecule has 0 bridgehead atoms. The normalized spacial score (nSPS) is 17.5. The van der Waals surface area contributed by atoms with Gasteiger partial charge in [-0.15, -0.1) is 11.3 Å². The van der Waals surface area contributed by atoms with Crippen LogP contribution in [0.4, 0.5) is 0 Å². The van der Waals surface area contributed by atoms with E-state index in [1.54, 1.807) is 0 Å². The number of ether oxygens (including phenoxy) is 1. The molecule has 1 fully saturated rings. The number of rotatable bonds is 4. The van der Waals surface area contributed by atoms with Crippen LogP contribution in [0.2, 0.25) is 0 Å². The first-order chi connectivity index (χ1) is 11.7. The molecule has 0 aliphatic carbocycles. The lowest BCUT2D eigenvalue weighted by atomic mass is 10.1. The Kier molecular flexibility index (Phi) is 4.08. The Hall–Kier alpha value is -2.18. The Morgan fingerprint density at radius 1 is 1.42 bits per heavy atom. The fourth-order valence-corrected chi connectivity index (χ4v) is 3.77. The van der Waals surface area contributed by atoms with Crippen LogP contribution in [0, 0.1) is 6.92 Å². The second-order valence-electron chi connectivity index (χ2n) is 6.11. The number of hydrogen-bond acceptors (Lipinski definition) is 4. The summed E-state index contributed by atoms with van der Waals surface area (Å²) in [5, 5.41) is 4.82. The number of amides is 1. The molecule has 1 atom stereocenters. The van der Waals surface area contributed by atoms with Gasteiger partial charge in [-0.2, -0.15) is 0 Å². The molecule has 1 aromatic carbocycles. The van der Waals surface area contributed by atoms with Gasteiger partial charge in [-0.25, -0.2) is 4.98 Å². The minimum absolute atomic E-state index is 0.0791. The minimum Gasteiger partial charge on any atom is -0.376 e. The summed E-state index contributed by atoms with van der Waals surface area (Å²) in [5.74, 6) is -0.0791. The van der Waals surface area contributed by atoms with E-state index in [1.807, 2.05) is 16.0 Å². The minimum atomic E-state index is -0.0791. The van der Waals surface area contributed by atoms with Crippen molar-refractivity contribution >= 4 is 22.2 Å². The summed E-state index contributed by atoms with van der Waals surface area (Å²) in [6, 6.07) is 8.24. The molecule has 1 amide bonds. The Morgan fingerprint density at radius 2 is 2.25 bits per heavy atom. The molecule has 1 unspecified atom stereocenters. The highest BCUT2D eigenvalue weighted by Gasteiger charge is 2.19. The number of fused-ring (bicyclic) bond motifs is 1. The van der Waals surface area contributed by atoms with Crippen LogP contribution in [0.5, 0.6) is 0 Å². The van der Waals surface area contributed by atoms with E-state index in [-0.39, 0.29) is 12.0 Å². The van der Waals surface area contributed by atoms with Crippen LogP contribution in [0.1, 0.15) is 28.9 Å². The van der Waals surface area contributed by atoms with Crippen molar-refractivity contribution in [2.75, 3.05) is 13.2 Å². The van der Waals surface area contributed by atoms with Crippen LogP contribution in [0.3, 0.4) is 0 Å². The SMILES string of the molecule is Cc1ccc(-c2cn3c(C(=O)NCC4CCCO4)csc3n2)cc1. The van der Waals surface area contributed by atoms with Crippen molar-refractivity contribution in [1.82, 2.24) is 14.7 Å². The Morgan fingerprint density at radius 3 is 3.00 bits per heavy atom. The van der Waals surface area contributed by atoms with Gasteiger partial charge < -0.3 is 10.1 Å². The number of thiazole rings is 1. The molecule has 1 N–H and O–H groups in total. The van der Waals surface area contributed by atoms with Crippen molar-refractivity contribution < 1.29 is 9.53 Å². The molecule has 4 rings (SSSR count). The van der Waals surface area contributed by atoms with Gasteiger partial charge in [0, 0.05) is 30.3 Å². The number of nitrogens with one attached hydrogen (secondary N) is 1. The molecule has 0 radical (unpaired) electrons. The maximum Gasteiger partial charge on any atom is 0.269 e. The van der Waals surface area contributed by atoms with Crippen molar-refractivity contribution in [2.45, 2.75) is 25.9 Å². The maximum absolute atomic E-state index is 12.5. The van der Waals surface area contributed by atoms with Crippen LogP contribution in [0.15, 0.2) is 35.8 Å². The van der Waals surface area contributed by atoms with Gasteiger partial charge in [0.25, 0.3) is 5.91 Å². The summed E-state index contributed by atoms with van der Waals surface area (Å²) in [4.78, 5) is 17.9. The quantitative estimate of drug-likeness (QED) is 0.792. The van der Waals surface area contributed by atoms with E-state index in [0.717, 1.165) is 35.7 Å². The van der Waals surface area contributed by atoms with Crippen LogP contribution in [-0.4, -0.2) is 34.5 Å². The van der Waals surface area contributed by atoms with E-state index >= 15 is 0 Å². The zero-order valence-electron chi connectivity index (χ0n) is 13.5. The lowest BCUT2D eigenvalue weighted by Crippen LogP contribution is -2.32. The number of nitrogens with zero attached hydrogens (tertiary/aromatic N) is 2. The zero-order valence-corrected chi connectivity index (χ0v) is 14.3. The van der Waals surface area contributed by atoms with E-state index in [0.29, 0.717) is 12.2 Å². The van der Waals surface area contributed by atoms with Crippen LogP contribution >= 0.6 is 11.3 Å². The van der Waals surface area contributed by atoms with Crippen LogP contribution < -0.4 is 5.32 Å². The number of aromatic nitrogens is 2. The summed E-state index contributed by atoms with van der Waals surface area (Å²) in [5.41, 5.74) is 3.78. The number of imidazole rings is 1. The van der Waals surface area contributed by atoms with Gasteiger partial charge in [0.15, 0.2) is 4.96 Å². The van der Waals surface area contributed by atoms with Crippen molar-refractivity contribution in [3.8, 4) is 11.3 Å². The van der Waals surface area contributed by atoms with Crippen molar-refractivity contribution in [3.63, 3.8) is 0 Å². The van der Waals surface area contributed by atoms with Gasteiger partial charge >= 0.3 is 0 Å². The first-order valence-electron chi connectivity index (χ1n) is 8.14. The standard InChI is InChI=1S/C18H19N3O2S/c1-12-4-6-13(7-5-12)15-10-21-16(11-24-18(21)20-15)17(22)19-9-14-3-2-8-23-14/h4-7,10-11,14H,2-3,8-9H2,1H3,(H,19,22). The largest absolute Gasteiger partial charge is 0.376 e. The highest BCUT2D eigenvalue weighted by atomic mass is 32.1. The van der Waals surface area contributed by atoms with Crippen LogP contribution in [0.25, 0.3) is 16.2 Å². The third-order valence-electron chi connectivity index (χ3n) is 4.30. The third kappa shape index (κ3) is 2.95. The van der Waals surface area contributed by atoms with Crippen molar-refractivity contribution in [1.29, 1.82) is 0 Å². The maximum atomic E-state index is 12.5. The van der Waals surface area contributed by atoms with Gasteiger partial charge in [0.2, 0.25) is 0 Å². The molecule has 5 nitrogen and oxygen atoms in total. The highest BCUT2D eigenvalue weighted by molar-refractivity contribution is 7.15. The molecule has 3 aromatic rings. The predicted octanol–water partition coefficient (Wildman–Crippen LogP) is 3.28. The second-order valence-corrected chi connectivity index (χ2v) is 6.95. The average Bonchev–Trinajstić information content (AvgIpc) is 3.30. The van der Waals surface area contributed by atoms with Gasteiger partial charge in [0.05, 0.1) is 11.8 Å². The molecule has 24 heavy (non-hydrogen) atoms. The first-order valence-corrected chi connectivity index (χ1v) is 9.02. The van der Waals surface area contributed by atoms with E-state index < -0.39 is 0 Å². The number of carbonyl (C=O) groups excluding carboxylic acids is 1. The Labute approximate surface area is 144 Å². The number of aryl methyl sites for hydroxylation is 1.